The van der Waals surface area contributed by atoms with E-state index >= 15 is 0 Å². The van der Waals surface area contributed by atoms with E-state index in [0.29, 0.717) is 21.9 Å². The summed E-state index contributed by atoms with van der Waals surface area (Å²) in [6, 6.07) is 33.9. The van der Waals surface area contributed by atoms with Crippen LogP contribution in [0.3, 0.4) is 0 Å². The van der Waals surface area contributed by atoms with E-state index in [9.17, 15) is 10.2 Å². The predicted octanol–water partition coefficient (Wildman–Crippen LogP) is 7.03. The second-order valence-corrected chi connectivity index (χ2v) is 9.69. The van der Waals surface area contributed by atoms with Crippen LogP contribution in [-0.2, 0) is 16.5 Å². The standard InChI is InChI=1S/C15H12BrClN2O2.4C5H5N.Ni/c1-9(13-8-11(16)4-7-14(13)20)18-19-15(21)10-2-5-12(17)6-3-10;4*1-2-4-6-5-3-1;/h2-8,20H,1H3,(H,19,21);4*1-5H;/q;;;;;+2/p-2/b18-9+;;;;;. The fourth-order valence-electron chi connectivity index (χ4n) is 2.86. The van der Waals surface area contributed by atoms with Crippen molar-refractivity contribution in [2.45, 2.75) is 6.92 Å². The molecule has 0 saturated heterocycles. The molecule has 8 nitrogen and oxygen atoms in total. The van der Waals surface area contributed by atoms with Crippen LogP contribution in [0.4, 0.5) is 0 Å². The molecule has 236 valence electrons. The van der Waals surface area contributed by atoms with Gasteiger partial charge in [0.05, 0.1) is 5.71 Å². The molecule has 0 aliphatic carbocycles. The number of nitrogens with zero attached hydrogens (tertiary/aromatic N) is 6. The Morgan fingerprint density at radius 2 is 1.00 bits per heavy atom. The molecule has 0 aliphatic rings. The fourth-order valence-corrected chi connectivity index (χ4v) is 3.35. The van der Waals surface area contributed by atoms with Gasteiger partial charge in [0.1, 0.15) is 0 Å². The molecule has 0 bridgehead atoms. The molecule has 0 atom stereocenters. The third kappa shape index (κ3) is 18.8. The van der Waals surface area contributed by atoms with Crippen LogP contribution in [0.25, 0.3) is 0 Å². The first-order valence-electron chi connectivity index (χ1n) is 13.4. The van der Waals surface area contributed by atoms with Crippen LogP contribution >= 0.6 is 27.5 Å². The number of hydrogen-bond donors (Lipinski definition) is 0. The molecule has 46 heavy (non-hydrogen) atoms. The Bertz CT molecular complexity index is 1400. The summed E-state index contributed by atoms with van der Waals surface area (Å²) in [4.78, 5) is 15.1. The van der Waals surface area contributed by atoms with Crippen LogP contribution in [0.1, 0.15) is 18.1 Å². The number of aromatic nitrogens is 4. The van der Waals surface area contributed by atoms with Crippen molar-refractivity contribution in [1.82, 2.24) is 19.9 Å². The summed E-state index contributed by atoms with van der Waals surface area (Å²) in [7, 11) is 0. The molecule has 0 N–H and O–H groups in total. The second kappa shape index (κ2) is 25.6. The van der Waals surface area contributed by atoms with Crippen molar-refractivity contribution in [1.29, 1.82) is 0 Å². The molecular formula is C35H30BrClN6NiO2. The number of hydrogen-bond acceptors (Lipinski definition) is 8. The van der Waals surface area contributed by atoms with Crippen molar-refractivity contribution < 1.29 is 26.7 Å². The molecule has 0 aliphatic heterocycles. The van der Waals surface area contributed by atoms with Gasteiger partial charge in [-0.1, -0.05) is 75.7 Å². The van der Waals surface area contributed by atoms with Gasteiger partial charge in [0.2, 0.25) is 0 Å². The van der Waals surface area contributed by atoms with Gasteiger partial charge in [-0.05, 0) is 90.8 Å². The first kappa shape index (κ1) is 39.3. The Labute approximate surface area is 292 Å². The van der Waals surface area contributed by atoms with Crippen molar-refractivity contribution in [2.24, 2.45) is 10.2 Å². The van der Waals surface area contributed by atoms with Gasteiger partial charge in [-0.15, -0.1) is 0 Å². The molecule has 0 saturated carbocycles. The molecule has 4 aromatic heterocycles. The van der Waals surface area contributed by atoms with Gasteiger partial charge in [-0.2, -0.15) is 10.2 Å². The van der Waals surface area contributed by atoms with E-state index in [-0.39, 0.29) is 22.2 Å². The largest absolute Gasteiger partial charge is 2.00 e. The fraction of sp³-hybridized carbons (Fsp3) is 0.0286. The maximum absolute atomic E-state index is 11.8. The van der Waals surface area contributed by atoms with Crippen molar-refractivity contribution >= 4 is 39.1 Å². The van der Waals surface area contributed by atoms with Gasteiger partial charge in [0, 0.05) is 65.0 Å². The molecule has 0 spiro atoms. The third-order valence-corrected chi connectivity index (χ3v) is 5.72. The minimum absolute atomic E-state index is 0. The Kier molecular flexibility index (Phi) is 21.8. The van der Waals surface area contributed by atoms with E-state index in [1.54, 1.807) is 92.9 Å². The van der Waals surface area contributed by atoms with Crippen LogP contribution in [0, 0.1) is 0 Å². The summed E-state index contributed by atoms with van der Waals surface area (Å²) >= 11 is 9.03. The van der Waals surface area contributed by atoms with Gasteiger partial charge < -0.3 is 10.2 Å². The van der Waals surface area contributed by atoms with E-state index < -0.39 is 5.90 Å². The third-order valence-electron chi connectivity index (χ3n) is 4.98. The average molecular weight is 741 g/mol. The zero-order valence-corrected chi connectivity index (χ0v) is 28.0. The molecule has 0 unspecified atom stereocenters. The summed E-state index contributed by atoms with van der Waals surface area (Å²) < 4.78 is 0.760. The Hall–Kier alpha value is -4.76. The topological polar surface area (TPSA) is 122 Å². The van der Waals surface area contributed by atoms with Gasteiger partial charge in [0.15, 0.2) is 0 Å². The second-order valence-electron chi connectivity index (χ2n) is 8.34. The van der Waals surface area contributed by atoms with Gasteiger partial charge in [0.25, 0.3) is 0 Å². The quantitative estimate of drug-likeness (QED) is 0.0832. The van der Waals surface area contributed by atoms with Crippen molar-refractivity contribution in [2.75, 3.05) is 0 Å². The van der Waals surface area contributed by atoms with Crippen LogP contribution in [0.15, 0.2) is 180 Å². The number of pyridine rings is 4. The Balaban J connectivity index is 0.000000340. The molecule has 11 heteroatoms. The van der Waals surface area contributed by atoms with E-state index in [4.69, 9.17) is 11.6 Å². The van der Waals surface area contributed by atoms with E-state index in [0.717, 1.165) is 4.47 Å². The Morgan fingerprint density at radius 3 is 1.33 bits per heavy atom. The summed E-state index contributed by atoms with van der Waals surface area (Å²) in [6.07, 6.45) is 14.0. The van der Waals surface area contributed by atoms with E-state index in [1.807, 2.05) is 72.8 Å². The molecular weight excluding hydrogens is 710 g/mol. The van der Waals surface area contributed by atoms with Crippen LogP contribution in [0.5, 0.6) is 5.75 Å². The van der Waals surface area contributed by atoms with Crippen molar-refractivity contribution in [3.05, 3.63) is 185 Å². The van der Waals surface area contributed by atoms with Crippen molar-refractivity contribution in [3.63, 3.8) is 0 Å². The normalized spacial score (nSPS) is 9.89. The minimum Gasteiger partial charge on any atom is -0.872 e. The summed E-state index contributed by atoms with van der Waals surface area (Å²) in [6.45, 7) is 1.63. The molecule has 0 radical (unpaired) electrons. The molecule has 0 fully saturated rings. The first-order chi connectivity index (χ1) is 22.0. The van der Waals surface area contributed by atoms with E-state index in [1.165, 1.54) is 6.07 Å². The summed E-state index contributed by atoms with van der Waals surface area (Å²) in [5, 5.41) is 31.6. The van der Waals surface area contributed by atoms with Gasteiger partial charge in [-0.25, -0.2) is 0 Å². The van der Waals surface area contributed by atoms with Gasteiger partial charge in [-0.3, -0.25) is 19.9 Å². The predicted molar refractivity (Wildman–Crippen MR) is 181 cm³/mol. The van der Waals surface area contributed by atoms with Crippen molar-refractivity contribution in [3.8, 4) is 5.75 Å². The molecule has 6 aromatic rings. The molecule has 0 amide bonds. The molecule has 2 aromatic carbocycles. The number of rotatable bonds is 3. The van der Waals surface area contributed by atoms with Crippen LogP contribution in [0.2, 0.25) is 5.02 Å². The Morgan fingerprint density at radius 1 is 0.609 bits per heavy atom. The average Bonchev–Trinajstić information content (AvgIpc) is 3.12. The molecule has 4 heterocycles. The zero-order valence-electron chi connectivity index (χ0n) is 24.7. The first-order valence-corrected chi connectivity index (χ1v) is 14.6. The van der Waals surface area contributed by atoms with Crippen LogP contribution in [-0.4, -0.2) is 31.5 Å². The zero-order chi connectivity index (χ0) is 32.4. The summed E-state index contributed by atoms with van der Waals surface area (Å²) in [5.74, 6) is -0.665. The smallest absolute Gasteiger partial charge is 0.872 e. The number of halogens is 2. The van der Waals surface area contributed by atoms with Gasteiger partial charge >= 0.3 is 16.5 Å². The number of benzene rings is 2. The maximum atomic E-state index is 11.8. The SMILES string of the molecule is C/C(=N\N=C(/[O-])c1ccc(Cl)cc1)c1cc(Br)ccc1[O-].[Ni+2].c1ccncc1.c1ccncc1.c1ccncc1.c1ccncc1. The van der Waals surface area contributed by atoms with E-state index in [2.05, 4.69) is 46.1 Å². The minimum atomic E-state index is -0.492. The monoisotopic (exact) mass is 738 g/mol. The maximum Gasteiger partial charge on any atom is 2.00 e. The molecule has 6 rings (SSSR count). The van der Waals surface area contributed by atoms with Crippen LogP contribution < -0.4 is 10.2 Å². The summed E-state index contributed by atoms with van der Waals surface area (Å²) in [5.41, 5.74) is 1.16.